The Morgan fingerprint density at radius 2 is 1.35 bits per heavy atom. The maximum atomic E-state index is 12.0. The molecule has 0 bridgehead atoms. The molecule has 0 aliphatic heterocycles. The number of carboxylic acid groups (broad SMARTS) is 2. The second-order valence-electron chi connectivity index (χ2n) is 4.58. The van der Waals surface area contributed by atoms with Crippen LogP contribution in [-0.4, -0.2) is 75.3 Å². The summed E-state index contributed by atoms with van der Waals surface area (Å²) in [6.07, 6.45) is 0. The van der Waals surface area contributed by atoms with E-state index in [2.05, 4.69) is 0 Å². The Morgan fingerprint density at radius 3 is 1.81 bits per heavy atom. The molecule has 0 fully saturated rings. The van der Waals surface area contributed by atoms with Gasteiger partial charge in [0.15, 0.2) is 0 Å². The number of aliphatic hydroxyl groups is 1. The van der Waals surface area contributed by atoms with Crippen LogP contribution in [0.4, 0.5) is 0 Å². The zero-order valence-electron chi connectivity index (χ0n) is 15.1. The van der Waals surface area contributed by atoms with Gasteiger partial charge in [0.2, 0.25) is 0 Å². The number of ether oxygens (including phenoxy) is 2. The molecule has 0 saturated carbocycles. The van der Waals surface area contributed by atoms with Gasteiger partial charge in [-0.25, -0.2) is 9.59 Å². The van der Waals surface area contributed by atoms with Gasteiger partial charge in [-0.05, 0) is 18.2 Å². The van der Waals surface area contributed by atoms with Crippen LogP contribution >= 0.6 is 0 Å². The van der Waals surface area contributed by atoms with Crippen molar-refractivity contribution in [2.75, 3.05) is 39.6 Å². The van der Waals surface area contributed by atoms with Crippen LogP contribution in [0, 0.1) is 0 Å². The molecular weight excluding hydrogens is 383 g/mol. The Bertz CT molecular complexity index is 678. The average molecular weight is 402 g/mol. The fourth-order valence-corrected chi connectivity index (χ4v) is 2.61. The van der Waals surface area contributed by atoms with Gasteiger partial charge in [-0.1, -0.05) is 0 Å². The minimum atomic E-state index is -4.34. The quantitative estimate of drug-likeness (QED) is 0.186. The number of hydrogen-bond donors (Lipinski definition) is 3. The largest absolute Gasteiger partial charge is 1.00 e. The van der Waals surface area contributed by atoms with Crippen LogP contribution in [0.25, 0.3) is 0 Å². The predicted molar refractivity (Wildman–Crippen MR) is 83.3 cm³/mol. The molecule has 0 radical (unpaired) electrons. The first-order valence-corrected chi connectivity index (χ1v) is 8.46. The van der Waals surface area contributed by atoms with Crippen molar-refractivity contribution in [2.24, 2.45) is 0 Å². The summed E-state index contributed by atoms with van der Waals surface area (Å²) in [6.45, 7) is 0.0142. The number of hydrogen-bond acceptors (Lipinski definition) is 8. The summed E-state index contributed by atoms with van der Waals surface area (Å²) in [4.78, 5) is 21.4. The van der Waals surface area contributed by atoms with Crippen LogP contribution < -0.4 is 29.6 Å². The van der Waals surface area contributed by atoms with Crippen LogP contribution in [0.5, 0.6) is 0 Å². The first kappa shape index (κ1) is 24.9. The monoisotopic (exact) mass is 402 g/mol. The first-order valence-electron chi connectivity index (χ1n) is 7.05. The minimum absolute atomic E-state index is 0. The zero-order chi connectivity index (χ0) is 18.9. The number of rotatable bonds is 12. The summed E-state index contributed by atoms with van der Waals surface area (Å²) in [7, 11) is -4.34. The fraction of sp³-hybridized carbons (Fsp3) is 0.429. The third kappa shape index (κ3) is 8.56. The number of carboxylic acids is 2. The molecule has 12 heteroatoms. The van der Waals surface area contributed by atoms with E-state index in [4.69, 9.17) is 29.0 Å². The Balaban J connectivity index is 0. The maximum absolute atomic E-state index is 12.0. The topological polar surface area (TPSA) is 157 Å². The molecule has 0 saturated heterocycles. The summed E-state index contributed by atoms with van der Waals surface area (Å²) < 4.78 is 38.7. The van der Waals surface area contributed by atoms with Crippen molar-refractivity contribution < 1.29 is 78.0 Å². The second kappa shape index (κ2) is 12.4. The van der Waals surface area contributed by atoms with Gasteiger partial charge >= 0.3 is 41.5 Å². The Morgan fingerprint density at radius 1 is 0.885 bits per heavy atom. The van der Waals surface area contributed by atoms with Crippen LogP contribution in [-0.2, 0) is 23.8 Å². The molecule has 0 spiro atoms. The molecule has 0 atom stereocenters. The third-order valence-corrected chi connectivity index (χ3v) is 4.05. The molecule has 0 amide bonds. The summed E-state index contributed by atoms with van der Waals surface area (Å²) in [5.41, 5.74) is -0.973. The molecule has 1 aromatic rings. The number of carbonyl (C=O) groups is 2. The van der Waals surface area contributed by atoms with Crippen LogP contribution in [0.2, 0.25) is 0 Å². The van der Waals surface area contributed by atoms with E-state index in [0.717, 1.165) is 18.2 Å². The van der Waals surface area contributed by atoms with Gasteiger partial charge < -0.3 is 26.2 Å². The molecule has 26 heavy (non-hydrogen) atoms. The summed E-state index contributed by atoms with van der Waals surface area (Å²) in [6, 6.07) is 2.47. The molecule has 1 aromatic carbocycles. The van der Waals surface area contributed by atoms with E-state index in [1.54, 1.807) is 0 Å². The van der Waals surface area contributed by atoms with Crippen molar-refractivity contribution in [3.8, 4) is 0 Å². The van der Waals surface area contributed by atoms with Crippen molar-refractivity contribution in [1.29, 1.82) is 0 Å². The Hall–Kier alpha value is -1.05. The second-order valence-corrected chi connectivity index (χ2v) is 6.20. The van der Waals surface area contributed by atoms with Gasteiger partial charge in [0, 0.05) is 0 Å². The van der Waals surface area contributed by atoms with E-state index in [0.29, 0.717) is 0 Å². The van der Waals surface area contributed by atoms with Gasteiger partial charge in [0.05, 0.1) is 55.7 Å². The molecule has 142 valence electrons. The molecule has 1 rings (SSSR count). The van der Waals surface area contributed by atoms with E-state index in [1.165, 1.54) is 0 Å². The van der Waals surface area contributed by atoms with Gasteiger partial charge in [-0.2, -0.15) is 8.42 Å². The van der Waals surface area contributed by atoms with Crippen molar-refractivity contribution >= 4 is 22.1 Å². The van der Waals surface area contributed by atoms with E-state index < -0.39 is 38.1 Å². The zero-order valence-corrected chi connectivity index (χ0v) is 16.9. The van der Waals surface area contributed by atoms with Crippen molar-refractivity contribution in [3.05, 3.63) is 29.3 Å². The molecule has 0 unspecified atom stereocenters. The van der Waals surface area contributed by atoms with E-state index >= 15 is 0 Å². The van der Waals surface area contributed by atoms with Crippen LogP contribution in [0.1, 0.15) is 22.1 Å². The smallest absolute Gasteiger partial charge is 1.00 e. The number of benzene rings is 1. The van der Waals surface area contributed by atoms with Gasteiger partial charge in [0.25, 0.3) is 10.1 Å². The predicted octanol–water partition coefficient (Wildman–Crippen LogP) is -3.07. The molecule has 0 heterocycles. The van der Waals surface area contributed by atoms with Crippen LogP contribution in [0.15, 0.2) is 23.1 Å². The van der Waals surface area contributed by atoms with E-state index in [9.17, 15) is 18.0 Å². The minimum Gasteiger partial charge on any atom is -1.00 e. The van der Waals surface area contributed by atoms with Gasteiger partial charge in [-0.3, -0.25) is 4.18 Å². The number of aromatic carboxylic acids is 2. The summed E-state index contributed by atoms with van der Waals surface area (Å²) in [5, 5.41) is 26.4. The SMILES string of the molecule is O=C(O)c1cc(C(=O)O)cc(S(=O)(=O)OCCOCCOCCO)c1.[H-].[Na+]. The molecular formula is C14H19NaO10S. The van der Waals surface area contributed by atoms with E-state index in [1.807, 2.05) is 0 Å². The Kier molecular flexibility index (Phi) is 11.9. The molecule has 10 nitrogen and oxygen atoms in total. The van der Waals surface area contributed by atoms with Gasteiger partial charge in [-0.15, -0.1) is 0 Å². The Labute approximate surface area is 173 Å². The summed E-state index contributed by atoms with van der Waals surface area (Å²) in [5.74, 6) is -2.93. The van der Waals surface area contributed by atoms with E-state index in [-0.39, 0.29) is 70.6 Å². The van der Waals surface area contributed by atoms with Crippen LogP contribution in [0.3, 0.4) is 0 Å². The van der Waals surface area contributed by atoms with Crippen molar-refractivity contribution in [3.63, 3.8) is 0 Å². The molecule has 3 N–H and O–H groups in total. The average Bonchev–Trinajstić information content (AvgIpc) is 2.56. The maximum Gasteiger partial charge on any atom is 1.00 e. The molecule has 0 aliphatic carbocycles. The number of aliphatic hydroxyl groups excluding tert-OH is 1. The molecule has 0 aromatic heterocycles. The van der Waals surface area contributed by atoms with Crippen molar-refractivity contribution in [2.45, 2.75) is 4.90 Å². The summed E-state index contributed by atoms with van der Waals surface area (Å²) >= 11 is 0. The van der Waals surface area contributed by atoms with Crippen molar-refractivity contribution in [1.82, 2.24) is 0 Å². The van der Waals surface area contributed by atoms with Gasteiger partial charge in [0.1, 0.15) is 0 Å². The first-order chi connectivity index (χ1) is 11.8. The molecule has 0 aliphatic rings. The third-order valence-electron chi connectivity index (χ3n) is 2.76. The normalized spacial score (nSPS) is 11.0. The fourth-order valence-electron chi connectivity index (χ4n) is 1.65. The standard InChI is InChI=1S/C14H18O10S.Na.H/c15-1-2-22-3-4-23-5-6-24-25(20,21)12-8-10(13(16)17)7-11(9-12)14(18)19;;/h7-9,15H,1-6H2,(H,16,17)(H,18,19);;/q;+1;-1.